The fourth-order valence-electron chi connectivity index (χ4n) is 2.68. The summed E-state index contributed by atoms with van der Waals surface area (Å²) >= 11 is 0. The standard InChI is InChI=1S/C20H13F6OP/c21-19(22,23)13-5-9-15(10-6-13)28(18-4-2-1-3-17(18)27)16-11-7-14(8-12-16)20(24,25)26/h1-12,27H. The molecule has 1 nitrogen and oxygen atoms in total. The molecular formula is C20H13F6OP. The van der Waals surface area contributed by atoms with Crippen molar-refractivity contribution in [3.63, 3.8) is 0 Å². The van der Waals surface area contributed by atoms with E-state index in [0.717, 1.165) is 24.3 Å². The molecule has 0 amide bonds. The summed E-state index contributed by atoms with van der Waals surface area (Å²) in [4.78, 5) is 0. The van der Waals surface area contributed by atoms with Crippen LogP contribution in [0.1, 0.15) is 11.1 Å². The highest BCUT2D eigenvalue weighted by Gasteiger charge is 2.32. The number of phenolic OH excluding ortho intramolecular Hbond substituents is 1. The Kier molecular flexibility index (Phi) is 5.39. The number of alkyl halides is 6. The van der Waals surface area contributed by atoms with Gasteiger partial charge >= 0.3 is 12.4 Å². The minimum atomic E-state index is -4.50. The molecule has 3 aromatic carbocycles. The third kappa shape index (κ3) is 4.30. The van der Waals surface area contributed by atoms with Gasteiger partial charge in [0, 0.05) is 5.30 Å². The van der Waals surface area contributed by atoms with Crippen molar-refractivity contribution in [3.05, 3.63) is 83.9 Å². The van der Waals surface area contributed by atoms with Crippen molar-refractivity contribution in [2.24, 2.45) is 0 Å². The Labute approximate surface area is 158 Å². The second kappa shape index (κ2) is 7.47. The molecule has 0 aliphatic heterocycles. The second-order valence-corrected chi connectivity index (χ2v) is 8.10. The van der Waals surface area contributed by atoms with Gasteiger partial charge in [0.05, 0.1) is 11.1 Å². The van der Waals surface area contributed by atoms with Crippen LogP contribution in [0.25, 0.3) is 0 Å². The minimum absolute atomic E-state index is 0.0755. The summed E-state index contributed by atoms with van der Waals surface area (Å²) in [5.74, 6) is -0.0755. The van der Waals surface area contributed by atoms with E-state index < -0.39 is 31.4 Å². The third-order valence-electron chi connectivity index (χ3n) is 4.03. The molecule has 0 aromatic heterocycles. The highest BCUT2D eigenvalue weighted by Crippen LogP contribution is 2.38. The Balaban J connectivity index is 2.10. The van der Waals surface area contributed by atoms with Crippen molar-refractivity contribution >= 4 is 23.8 Å². The maximum Gasteiger partial charge on any atom is 0.416 e. The summed E-state index contributed by atoms with van der Waals surface area (Å²) in [5.41, 5.74) is -1.65. The summed E-state index contributed by atoms with van der Waals surface area (Å²) in [6.45, 7) is 0. The van der Waals surface area contributed by atoms with E-state index in [1.807, 2.05) is 0 Å². The SMILES string of the molecule is Oc1ccccc1P(c1ccc(C(F)(F)F)cc1)c1ccc(C(F)(F)F)cc1. The van der Waals surface area contributed by atoms with Crippen LogP contribution in [0.4, 0.5) is 26.3 Å². The van der Waals surface area contributed by atoms with Gasteiger partial charge in [0.15, 0.2) is 0 Å². The van der Waals surface area contributed by atoms with Gasteiger partial charge in [-0.3, -0.25) is 0 Å². The molecule has 0 aliphatic carbocycles. The molecule has 8 heteroatoms. The van der Waals surface area contributed by atoms with Crippen molar-refractivity contribution in [1.29, 1.82) is 0 Å². The molecule has 0 atom stereocenters. The highest BCUT2D eigenvalue weighted by molar-refractivity contribution is 7.80. The van der Waals surface area contributed by atoms with E-state index in [2.05, 4.69) is 0 Å². The van der Waals surface area contributed by atoms with Crippen molar-refractivity contribution in [3.8, 4) is 5.75 Å². The molecule has 0 saturated carbocycles. The van der Waals surface area contributed by atoms with E-state index in [9.17, 15) is 31.4 Å². The number of phenols is 1. The first kappa shape index (κ1) is 20.2. The average Bonchev–Trinajstić information content (AvgIpc) is 2.63. The summed E-state index contributed by atoms with van der Waals surface area (Å²) in [7, 11) is -1.55. The van der Waals surface area contributed by atoms with Crippen LogP contribution in [-0.2, 0) is 12.4 Å². The van der Waals surface area contributed by atoms with Gasteiger partial charge in [-0.2, -0.15) is 26.3 Å². The van der Waals surface area contributed by atoms with E-state index in [4.69, 9.17) is 0 Å². The van der Waals surface area contributed by atoms with Crippen LogP contribution in [0.2, 0.25) is 0 Å². The lowest BCUT2D eigenvalue weighted by atomic mass is 10.2. The number of para-hydroxylation sites is 1. The first-order valence-electron chi connectivity index (χ1n) is 8.00. The van der Waals surface area contributed by atoms with Crippen LogP contribution >= 0.6 is 7.92 Å². The van der Waals surface area contributed by atoms with Gasteiger partial charge in [-0.15, -0.1) is 0 Å². The van der Waals surface area contributed by atoms with Gasteiger partial charge in [0.1, 0.15) is 5.75 Å². The van der Waals surface area contributed by atoms with Crippen molar-refractivity contribution in [2.45, 2.75) is 12.4 Å². The molecular weight excluding hydrogens is 401 g/mol. The third-order valence-corrected chi connectivity index (χ3v) is 6.52. The van der Waals surface area contributed by atoms with Gasteiger partial charge in [-0.25, -0.2) is 0 Å². The van der Waals surface area contributed by atoms with Crippen molar-refractivity contribution in [1.82, 2.24) is 0 Å². The molecule has 0 spiro atoms. The number of aromatic hydroxyl groups is 1. The zero-order valence-electron chi connectivity index (χ0n) is 14.1. The second-order valence-electron chi connectivity index (χ2n) is 5.91. The van der Waals surface area contributed by atoms with E-state index in [1.165, 1.54) is 30.3 Å². The molecule has 0 heterocycles. The topological polar surface area (TPSA) is 20.2 Å². The largest absolute Gasteiger partial charge is 0.507 e. The molecule has 3 rings (SSSR count). The Morgan fingerprint density at radius 3 is 1.32 bits per heavy atom. The predicted molar refractivity (Wildman–Crippen MR) is 96.8 cm³/mol. The number of benzene rings is 3. The van der Waals surface area contributed by atoms with Gasteiger partial charge in [0.2, 0.25) is 0 Å². The van der Waals surface area contributed by atoms with Gasteiger partial charge in [-0.1, -0.05) is 42.5 Å². The smallest absolute Gasteiger partial charge is 0.416 e. The van der Waals surface area contributed by atoms with Gasteiger partial charge in [0.25, 0.3) is 0 Å². The molecule has 146 valence electrons. The quantitative estimate of drug-likeness (QED) is 0.462. The Hall–Kier alpha value is -2.53. The Bertz CT molecular complexity index is 889. The minimum Gasteiger partial charge on any atom is -0.507 e. The predicted octanol–water partition coefficient (Wildman–Crippen LogP) is 5.19. The zero-order valence-corrected chi connectivity index (χ0v) is 15.0. The van der Waals surface area contributed by atoms with Crippen LogP contribution in [0.15, 0.2) is 72.8 Å². The Morgan fingerprint density at radius 2 is 0.964 bits per heavy atom. The monoisotopic (exact) mass is 414 g/mol. The summed E-state index contributed by atoms with van der Waals surface area (Å²) < 4.78 is 77.1. The van der Waals surface area contributed by atoms with E-state index in [1.54, 1.807) is 18.2 Å². The molecule has 0 aliphatic rings. The van der Waals surface area contributed by atoms with Crippen molar-refractivity contribution in [2.75, 3.05) is 0 Å². The molecule has 0 saturated heterocycles. The van der Waals surface area contributed by atoms with E-state index in [-0.39, 0.29) is 5.75 Å². The number of hydrogen-bond acceptors (Lipinski definition) is 1. The normalized spacial score (nSPS) is 12.4. The molecule has 0 unspecified atom stereocenters. The number of hydrogen-bond donors (Lipinski definition) is 1. The summed E-state index contributed by atoms with van der Waals surface area (Å²) in [6.07, 6.45) is -8.99. The van der Waals surface area contributed by atoms with Gasteiger partial charge < -0.3 is 5.11 Å². The summed E-state index contributed by atoms with van der Waals surface area (Å²) in [6, 6.07) is 15.1. The molecule has 1 N–H and O–H groups in total. The van der Waals surface area contributed by atoms with Crippen LogP contribution in [0, 0.1) is 0 Å². The fraction of sp³-hybridized carbons (Fsp3) is 0.100. The molecule has 28 heavy (non-hydrogen) atoms. The number of halogens is 6. The summed E-state index contributed by atoms with van der Waals surface area (Å²) in [5, 5.41) is 11.6. The molecule has 0 fully saturated rings. The van der Waals surface area contributed by atoms with E-state index in [0.29, 0.717) is 15.9 Å². The zero-order chi connectivity index (χ0) is 20.5. The van der Waals surface area contributed by atoms with Gasteiger partial charge in [-0.05, 0) is 48.9 Å². The lowest BCUT2D eigenvalue weighted by Gasteiger charge is -2.21. The average molecular weight is 414 g/mol. The lowest BCUT2D eigenvalue weighted by Crippen LogP contribution is -2.22. The maximum absolute atomic E-state index is 12.8. The fourth-order valence-corrected chi connectivity index (χ4v) is 4.97. The first-order valence-corrected chi connectivity index (χ1v) is 9.34. The molecule has 0 bridgehead atoms. The van der Waals surface area contributed by atoms with E-state index >= 15 is 0 Å². The highest BCUT2D eigenvalue weighted by atomic mass is 31.1. The van der Waals surface area contributed by atoms with Crippen LogP contribution in [0.3, 0.4) is 0 Å². The molecule has 0 radical (unpaired) electrons. The lowest BCUT2D eigenvalue weighted by molar-refractivity contribution is -0.138. The van der Waals surface area contributed by atoms with Crippen LogP contribution in [0.5, 0.6) is 5.75 Å². The van der Waals surface area contributed by atoms with Crippen LogP contribution < -0.4 is 15.9 Å². The number of rotatable bonds is 3. The molecule has 3 aromatic rings. The first-order chi connectivity index (χ1) is 13.1. The maximum atomic E-state index is 12.8. The Morgan fingerprint density at radius 1 is 0.571 bits per heavy atom. The van der Waals surface area contributed by atoms with Crippen LogP contribution in [-0.4, -0.2) is 5.11 Å². The van der Waals surface area contributed by atoms with Crippen molar-refractivity contribution < 1.29 is 31.4 Å².